The van der Waals surface area contributed by atoms with Gasteiger partial charge in [0.05, 0.1) is 11.1 Å². The Bertz CT molecular complexity index is 614. The van der Waals surface area contributed by atoms with E-state index in [0.29, 0.717) is 11.4 Å². The van der Waals surface area contributed by atoms with E-state index in [4.69, 9.17) is 9.52 Å². The van der Waals surface area contributed by atoms with E-state index in [-0.39, 0.29) is 10.8 Å². The minimum Gasteiger partial charge on any atom is -0.477 e. The molecule has 5 nitrogen and oxygen atoms in total. The molecule has 0 aliphatic carbocycles. The van der Waals surface area contributed by atoms with Crippen molar-refractivity contribution in [2.45, 2.75) is 13.5 Å². The number of carboxylic acid groups (broad SMARTS) is 1. The fourth-order valence-corrected chi connectivity index (χ4v) is 2.50. The first-order valence-electron chi connectivity index (χ1n) is 5.60. The van der Waals surface area contributed by atoms with E-state index in [1.807, 2.05) is 13.0 Å². The average molecular weight is 279 g/mol. The molecule has 1 N–H and O–H groups in total. The summed E-state index contributed by atoms with van der Waals surface area (Å²) < 4.78 is 5.17. The number of hydrogen-bond donors (Lipinski definition) is 1. The van der Waals surface area contributed by atoms with Crippen molar-refractivity contribution in [3.05, 3.63) is 45.5 Å². The van der Waals surface area contributed by atoms with Gasteiger partial charge in [0.15, 0.2) is 0 Å². The van der Waals surface area contributed by atoms with E-state index >= 15 is 0 Å². The lowest BCUT2D eigenvalue weighted by atomic mass is 10.2. The van der Waals surface area contributed by atoms with Gasteiger partial charge in [-0.15, -0.1) is 11.3 Å². The van der Waals surface area contributed by atoms with Crippen LogP contribution in [0.4, 0.5) is 0 Å². The van der Waals surface area contributed by atoms with Gasteiger partial charge >= 0.3 is 5.97 Å². The highest BCUT2D eigenvalue weighted by molar-refractivity contribution is 7.15. The van der Waals surface area contributed by atoms with Gasteiger partial charge in [0.25, 0.3) is 5.91 Å². The molecule has 19 heavy (non-hydrogen) atoms. The van der Waals surface area contributed by atoms with Crippen molar-refractivity contribution in [1.29, 1.82) is 0 Å². The predicted octanol–water partition coefficient (Wildman–Crippen LogP) is 2.62. The highest BCUT2D eigenvalue weighted by atomic mass is 32.1. The standard InChI is InChI=1S/C13H13NO4S/c1-8-9(5-6-18-8)7-14(2)12(15)10-3-4-11(19-10)13(16)17/h3-6H,7H2,1-2H3,(H,16,17). The van der Waals surface area contributed by atoms with Crippen LogP contribution in [0.2, 0.25) is 0 Å². The van der Waals surface area contributed by atoms with Crippen LogP contribution >= 0.6 is 11.3 Å². The molecule has 0 atom stereocenters. The Kier molecular flexibility index (Phi) is 3.71. The van der Waals surface area contributed by atoms with Gasteiger partial charge in [0.2, 0.25) is 0 Å². The number of rotatable bonds is 4. The third-order valence-corrected chi connectivity index (χ3v) is 3.81. The number of carbonyl (C=O) groups is 2. The number of carbonyl (C=O) groups excluding carboxylic acids is 1. The molecule has 0 bridgehead atoms. The van der Waals surface area contributed by atoms with Gasteiger partial charge in [0, 0.05) is 19.2 Å². The molecule has 0 aliphatic heterocycles. The largest absolute Gasteiger partial charge is 0.477 e. The number of thiophene rings is 1. The molecule has 2 rings (SSSR count). The third kappa shape index (κ3) is 2.85. The van der Waals surface area contributed by atoms with Crippen molar-refractivity contribution in [1.82, 2.24) is 4.90 Å². The maximum Gasteiger partial charge on any atom is 0.345 e. The zero-order chi connectivity index (χ0) is 14.0. The van der Waals surface area contributed by atoms with Gasteiger partial charge < -0.3 is 14.4 Å². The van der Waals surface area contributed by atoms with Gasteiger partial charge in [0.1, 0.15) is 10.6 Å². The van der Waals surface area contributed by atoms with Crippen molar-refractivity contribution < 1.29 is 19.1 Å². The molecule has 0 fully saturated rings. The minimum atomic E-state index is -1.02. The average Bonchev–Trinajstić information content (AvgIpc) is 2.98. The first kappa shape index (κ1) is 13.4. The summed E-state index contributed by atoms with van der Waals surface area (Å²) >= 11 is 0.980. The van der Waals surface area contributed by atoms with Crippen molar-refractivity contribution in [3.8, 4) is 0 Å². The lowest BCUT2D eigenvalue weighted by Crippen LogP contribution is -2.25. The van der Waals surface area contributed by atoms with E-state index in [9.17, 15) is 9.59 Å². The second kappa shape index (κ2) is 5.27. The van der Waals surface area contributed by atoms with E-state index in [2.05, 4.69) is 0 Å². The number of aromatic carboxylic acids is 1. The van der Waals surface area contributed by atoms with E-state index in [0.717, 1.165) is 22.7 Å². The minimum absolute atomic E-state index is 0.163. The summed E-state index contributed by atoms with van der Waals surface area (Å²) in [6, 6.07) is 4.79. The quantitative estimate of drug-likeness (QED) is 0.934. The van der Waals surface area contributed by atoms with Crippen LogP contribution in [-0.4, -0.2) is 28.9 Å². The molecular weight excluding hydrogens is 266 g/mol. The summed E-state index contributed by atoms with van der Waals surface area (Å²) in [6.45, 7) is 2.27. The smallest absolute Gasteiger partial charge is 0.345 e. The molecule has 2 heterocycles. The number of aryl methyl sites for hydroxylation is 1. The van der Waals surface area contributed by atoms with Crippen molar-refractivity contribution >= 4 is 23.2 Å². The lowest BCUT2D eigenvalue weighted by molar-refractivity contribution is 0.0701. The molecule has 0 aliphatic rings. The molecule has 6 heteroatoms. The zero-order valence-corrected chi connectivity index (χ0v) is 11.4. The summed E-state index contributed by atoms with van der Waals surface area (Å²) in [6.07, 6.45) is 1.58. The Labute approximate surface area is 114 Å². The number of hydrogen-bond acceptors (Lipinski definition) is 4. The van der Waals surface area contributed by atoms with Gasteiger partial charge in [-0.3, -0.25) is 4.79 Å². The molecule has 2 aromatic heterocycles. The summed E-state index contributed by atoms with van der Waals surface area (Å²) in [5, 5.41) is 8.84. The molecule has 2 aromatic rings. The monoisotopic (exact) mass is 279 g/mol. The highest BCUT2D eigenvalue weighted by Crippen LogP contribution is 2.19. The second-order valence-electron chi connectivity index (χ2n) is 4.13. The molecule has 100 valence electrons. The van der Waals surface area contributed by atoms with E-state index in [1.165, 1.54) is 17.0 Å². The fraction of sp³-hybridized carbons (Fsp3) is 0.231. The van der Waals surface area contributed by atoms with Crippen LogP contribution in [0.1, 0.15) is 30.7 Å². The Morgan fingerprint density at radius 3 is 2.53 bits per heavy atom. The van der Waals surface area contributed by atoms with E-state index in [1.54, 1.807) is 13.3 Å². The molecule has 0 saturated heterocycles. The predicted molar refractivity (Wildman–Crippen MR) is 70.5 cm³/mol. The second-order valence-corrected chi connectivity index (χ2v) is 5.22. The van der Waals surface area contributed by atoms with Gasteiger partial charge in [-0.1, -0.05) is 0 Å². The van der Waals surface area contributed by atoms with Crippen LogP contribution in [0, 0.1) is 6.92 Å². The third-order valence-electron chi connectivity index (χ3n) is 2.75. The summed E-state index contributed by atoms with van der Waals surface area (Å²) in [4.78, 5) is 25.0. The Morgan fingerprint density at radius 2 is 2.00 bits per heavy atom. The zero-order valence-electron chi connectivity index (χ0n) is 10.5. The van der Waals surface area contributed by atoms with Crippen LogP contribution in [-0.2, 0) is 6.54 Å². The number of nitrogens with zero attached hydrogens (tertiary/aromatic N) is 1. The van der Waals surface area contributed by atoms with Gasteiger partial charge in [-0.25, -0.2) is 4.79 Å². The molecule has 0 unspecified atom stereocenters. The first-order valence-corrected chi connectivity index (χ1v) is 6.42. The molecule has 0 radical (unpaired) electrons. The maximum atomic E-state index is 12.1. The number of furan rings is 1. The van der Waals surface area contributed by atoms with Gasteiger partial charge in [-0.2, -0.15) is 0 Å². The number of amides is 1. The molecular formula is C13H13NO4S. The van der Waals surface area contributed by atoms with Crippen LogP contribution < -0.4 is 0 Å². The van der Waals surface area contributed by atoms with Crippen LogP contribution in [0.5, 0.6) is 0 Å². The normalized spacial score (nSPS) is 10.4. The number of carboxylic acids is 1. The van der Waals surface area contributed by atoms with Crippen molar-refractivity contribution in [2.24, 2.45) is 0 Å². The molecule has 0 spiro atoms. The summed E-state index contributed by atoms with van der Waals surface area (Å²) in [5.74, 6) is -0.437. The first-order chi connectivity index (χ1) is 8.99. The lowest BCUT2D eigenvalue weighted by Gasteiger charge is -2.15. The highest BCUT2D eigenvalue weighted by Gasteiger charge is 2.17. The van der Waals surface area contributed by atoms with Gasteiger partial charge in [-0.05, 0) is 25.1 Å². The Morgan fingerprint density at radius 1 is 1.32 bits per heavy atom. The molecule has 1 amide bonds. The van der Waals surface area contributed by atoms with Crippen molar-refractivity contribution in [3.63, 3.8) is 0 Å². The fourth-order valence-electron chi connectivity index (χ4n) is 1.66. The summed E-state index contributed by atoms with van der Waals surface area (Å²) in [7, 11) is 1.68. The SMILES string of the molecule is Cc1occc1CN(C)C(=O)c1ccc(C(=O)O)s1. The van der Waals surface area contributed by atoms with Crippen LogP contribution in [0.15, 0.2) is 28.9 Å². The Balaban J connectivity index is 2.10. The van der Waals surface area contributed by atoms with Crippen molar-refractivity contribution in [2.75, 3.05) is 7.05 Å². The summed E-state index contributed by atoms with van der Waals surface area (Å²) in [5.41, 5.74) is 0.936. The van der Waals surface area contributed by atoms with Crippen LogP contribution in [0.3, 0.4) is 0 Å². The molecule has 0 saturated carbocycles. The maximum absolute atomic E-state index is 12.1. The van der Waals surface area contributed by atoms with Crippen LogP contribution in [0.25, 0.3) is 0 Å². The Hall–Kier alpha value is -2.08. The topological polar surface area (TPSA) is 70.8 Å². The van der Waals surface area contributed by atoms with E-state index < -0.39 is 5.97 Å². The molecule has 0 aromatic carbocycles.